The minimum absolute atomic E-state index is 0.458. The van der Waals surface area contributed by atoms with Crippen LogP contribution in [0.15, 0.2) is 12.7 Å². The molecule has 0 aromatic carbocycles. The van der Waals surface area contributed by atoms with Gasteiger partial charge >= 0.3 is 0 Å². The van der Waals surface area contributed by atoms with Crippen LogP contribution < -0.4 is 10.6 Å². The third-order valence-electron chi connectivity index (χ3n) is 3.20. The smallest absolute Gasteiger partial charge is 0.258 e. The summed E-state index contributed by atoms with van der Waals surface area (Å²) in [5, 5.41) is 10.6. The SMILES string of the molecule is CCCNc1nc(NC2CC2C)nc(-n2cncn2)n1. The highest BCUT2D eigenvalue weighted by atomic mass is 15.4. The first-order valence-corrected chi connectivity index (χ1v) is 6.87. The molecule has 8 nitrogen and oxygen atoms in total. The Labute approximate surface area is 117 Å². The summed E-state index contributed by atoms with van der Waals surface area (Å²) >= 11 is 0. The molecule has 2 unspecified atom stereocenters. The van der Waals surface area contributed by atoms with Gasteiger partial charge in [-0.15, -0.1) is 0 Å². The Balaban J connectivity index is 1.86. The molecule has 0 radical (unpaired) electrons. The van der Waals surface area contributed by atoms with E-state index in [1.54, 1.807) is 6.33 Å². The van der Waals surface area contributed by atoms with Crippen molar-refractivity contribution in [1.29, 1.82) is 0 Å². The number of hydrogen-bond donors (Lipinski definition) is 2. The molecule has 8 heteroatoms. The topological polar surface area (TPSA) is 93.4 Å². The second-order valence-electron chi connectivity index (χ2n) is 5.01. The molecule has 0 amide bonds. The highest BCUT2D eigenvalue weighted by Gasteiger charge is 2.33. The summed E-state index contributed by atoms with van der Waals surface area (Å²) in [4.78, 5) is 17.0. The van der Waals surface area contributed by atoms with E-state index in [0.717, 1.165) is 19.4 Å². The van der Waals surface area contributed by atoms with Crippen LogP contribution in [0.4, 0.5) is 11.9 Å². The summed E-state index contributed by atoms with van der Waals surface area (Å²) in [5.74, 6) is 2.28. The second kappa shape index (κ2) is 5.40. The van der Waals surface area contributed by atoms with Gasteiger partial charge in [0, 0.05) is 12.6 Å². The largest absolute Gasteiger partial charge is 0.354 e. The molecule has 1 aliphatic rings. The molecule has 2 heterocycles. The van der Waals surface area contributed by atoms with Crippen LogP contribution in [0.5, 0.6) is 0 Å². The van der Waals surface area contributed by atoms with E-state index in [9.17, 15) is 0 Å². The average molecular weight is 274 g/mol. The lowest BCUT2D eigenvalue weighted by molar-refractivity contribution is 0.789. The Hall–Kier alpha value is -2.25. The van der Waals surface area contributed by atoms with Crippen LogP contribution in [0, 0.1) is 5.92 Å². The molecule has 1 saturated carbocycles. The standard InChI is InChI=1S/C12H18N8/c1-3-4-14-10-17-11(16-9-5-8(9)2)19-12(18-10)20-7-13-6-15-20/h6-9H,3-5H2,1-2H3,(H2,14,16,17,18,19). The third-order valence-corrected chi connectivity index (χ3v) is 3.20. The molecule has 1 aliphatic carbocycles. The number of nitrogens with one attached hydrogen (secondary N) is 2. The molecule has 2 aromatic rings. The van der Waals surface area contributed by atoms with Crippen LogP contribution in [-0.4, -0.2) is 42.3 Å². The summed E-state index contributed by atoms with van der Waals surface area (Å²) in [6.45, 7) is 5.12. The molecule has 0 spiro atoms. The van der Waals surface area contributed by atoms with Crippen LogP contribution in [-0.2, 0) is 0 Å². The van der Waals surface area contributed by atoms with Crippen molar-refractivity contribution in [2.75, 3.05) is 17.2 Å². The molecule has 0 bridgehead atoms. The van der Waals surface area contributed by atoms with E-state index in [0.29, 0.717) is 29.8 Å². The third kappa shape index (κ3) is 2.84. The Morgan fingerprint density at radius 3 is 2.75 bits per heavy atom. The number of hydrogen-bond acceptors (Lipinski definition) is 7. The average Bonchev–Trinajstić information content (AvgIpc) is 2.96. The lowest BCUT2D eigenvalue weighted by Gasteiger charge is -2.09. The van der Waals surface area contributed by atoms with Crippen molar-refractivity contribution in [3.05, 3.63) is 12.7 Å². The van der Waals surface area contributed by atoms with Gasteiger partial charge < -0.3 is 10.6 Å². The van der Waals surface area contributed by atoms with Gasteiger partial charge in [0.15, 0.2) is 0 Å². The second-order valence-corrected chi connectivity index (χ2v) is 5.01. The molecule has 1 fully saturated rings. The van der Waals surface area contributed by atoms with Crippen molar-refractivity contribution in [3.8, 4) is 5.95 Å². The van der Waals surface area contributed by atoms with Gasteiger partial charge in [-0.2, -0.15) is 24.7 Å². The monoisotopic (exact) mass is 274 g/mol. The van der Waals surface area contributed by atoms with Crippen molar-refractivity contribution in [1.82, 2.24) is 29.7 Å². The molecule has 2 N–H and O–H groups in total. The highest BCUT2D eigenvalue weighted by molar-refractivity contribution is 5.39. The highest BCUT2D eigenvalue weighted by Crippen LogP contribution is 2.31. The lowest BCUT2D eigenvalue weighted by atomic mass is 10.5. The molecule has 0 aliphatic heterocycles. The first-order valence-electron chi connectivity index (χ1n) is 6.87. The quantitative estimate of drug-likeness (QED) is 0.814. The first kappa shape index (κ1) is 12.8. The minimum Gasteiger partial charge on any atom is -0.354 e. The van der Waals surface area contributed by atoms with Gasteiger partial charge in [-0.1, -0.05) is 13.8 Å². The normalized spacial score (nSPS) is 20.7. The molecular weight excluding hydrogens is 256 g/mol. The summed E-state index contributed by atoms with van der Waals surface area (Å²) in [5.41, 5.74) is 0. The summed E-state index contributed by atoms with van der Waals surface area (Å²) in [6.07, 6.45) is 5.19. The van der Waals surface area contributed by atoms with Gasteiger partial charge in [0.25, 0.3) is 5.95 Å². The molecule has 0 saturated heterocycles. The van der Waals surface area contributed by atoms with Crippen molar-refractivity contribution in [2.24, 2.45) is 5.92 Å². The van der Waals surface area contributed by atoms with E-state index >= 15 is 0 Å². The predicted molar refractivity (Wildman–Crippen MR) is 74.7 cm³/mol. The molecular formula is C12H18N8. The summed E-state index contributed by atoms with van der Waals surface area (Å²) < 4.78 is 1.53. The Kier molecular flexibility index (Phi) is 3.44. The fraction of sp³-hybridized carbons (Fsp3) is 0.583. The Morgan fingerprint density at radius 2 is 2.10 bits per heavy atom. The van der Waals surface area contributed by atoms with Crippen molar-refractivity contribution < 1.29 is 0 Å². The first-order chi connectivity index (χ1) is 9.76. The molecule has 3 rings (SSSR count). The van der Waals surface area contributed by atoms with Gasteiger partial charge in [-0.25, -0.2) is 4.98 Å². The number of nitrogens with zero attached hydrogens (tertiary/aromatic N) is 6. The van der Waals surface area contributed by atoms with Gasteiger partial charge in [-0.05, 0) is 18.8 Å². The van der Waals surface area contributed by atoms with E-state index in [1.807, 2.05) is 0 Å². The van der Waals surface area contributed by atoms with Gasteiger partial charge in [0.2, 0.25) is 11.9 Å². The van der Waals surface area contributed by atoms with Crippen LogP contribution in [0.25, 0.3) is 5.95 Å². The van der Waals surface area contributed by atoms with Crippen molar-refractivity contribution in [2.45, 2.75) is 32.7 Å². The maximum atomic E-state index is 4.39. The van der Waals surface area contributed by atoms with Crippen molar-refractivity contribution >= 4 is 11.9 Å². The van der Waals surface area contributed by atoms with Gasteiger partial charge in [-0.3, -0.25) is 0 Å². The summed E-state index contributed by atoms with van der Waals surface area (Å²) in [7, 11) is 0. The van der Waals surface area contributed by atoms with Crippen LogP contribution >= 0.6 is 0 Å². The number of aromatic nitrogens is 6. The van der Waals surface area contributed by atoms with Crippen LogP contribution in [0.3, 0.4) is 0 Å². The zero-order valence-electron chi connectivity index (χ0n) is 11.6. The zero-order valence-corrected chi connectivity index (χ0v) is 11.6. The van der Waals surface area contributed by atoms with E-state index in [-0.39, 0.29) is 0 Å². The molecule has 2 aromatic heterocycles. The van der Waals surface area contributed by atoms with Gasteiger partial charge in [0.1, 0.15) is 12.7 Å². The fourth-order valence-corrected chi connectivity index (χ4v) is 1.85. The van der Waals surface area contributed by atoms with Crippen molar-refractivity contribution in [3.63, 3.8) is 0 Å². The lowest BCUT2D eigenvalue weighted by Crippen LogP contribution is -2.14. The fourth-order valence-electron chi connectivity index (χ4n) is 1.85. The Morgan fingerprint density at radius 1 is 1.30 bits per heavy atom. The summed E-state index contributed by atoms with van der Waals surface area (Å²) in [6, 6.07) is 0.458. The van der Waals surface area contributed by atoms with Crippen LogP contribution in [0.2, 0.25) is 0 Å². The van der Waals surface area contributed by atoms with E-state index < -0.39 is 0 Å². The molecule has 20 heavy (non-hydrogen) atoms. The molecule has 2 atom stereocenters. The Bertz CT molecular complexity index is 567. The maximum Gasteiger partial charge on any atom is 0.258 e. The van der Waals surface area contributed by atoms with E-state index in [2.05, 4.69) is 49.5 Å². The number of rotatable bonds is 6. The van der Waals surface area contributed by atoms with E-state index in [1.165, 1.54) is 11.0 Å². The van der Waals surface area contributed by atoms with Gasteiger partial charge in [0.05, 0.1) is 0 Å². The zero-order chi connectivity index (χ0) is 13.9. The van der Waals surface area contributed by atoms with E-state index in [4.69, 9.17) is 0 Å². The maximum absolute atomic E-state index is 4.39. The predicted octanol–water partition coefficient (Wildman–Crippen LogP) is 1.09. The van der Waals surface area contributed by atoms with Crippen LogP contribution in [0.1, 0.15) is 26.7 Å². The minimum atomic E-state index is 0.458. The molecule has 106 valence electrons. The number of anilines is 2.